The van der Waals surface area contributed by atoms with Crippen molar-refractivity contribution in [1.29, 1.82) is 0 Å². The van der Waals surface area contributed by atoms with Gasteiger partial charge in [0, 0.05) is 0 Å². The summed E-state index contributed by atoms with van der Waals surface area (Å²) < 4.78 is 0. The van der Waals surface area contributed by atoms with Crippen LogP contribution in [-0.4, -0.2) is 0 Å². The van der Waals surface area contributed by atoms with Gasteiger partial charge < -0.3 is 0 Å². The van der Waals surface area contributed by atoms with E-state index in [1.54, 1.807) is 0 Å². The van der Waals surface area contributed by atoms with Crippen molar-refractivity contribution < 1.29 is 13.3 Å². The molecule has 0 bridgehead atoms. The van der Waals surface area contributed by atoms with E-state index in [0.29, 0.717) is 13.3 Å². The molecule has 0 fully saturated rings. The zero-order chi connectivity index (χ0) is 73.7. The predicted molar refractivity (Wildman–Crippen MR) is 1290 cm³/mol. The maximum absolute atomic E-state index is 3.48. The molecule has 93 heteroatoms. The fourth-order valence-corrected chi connectivity index (χ4v) is 18200. The van der Waals surface area contributed by atoms with Gasteiger partial charge in [-0.3, -0.25) is 0 Å². The first-order valence-electron chi connectivity index (χ1n) is 13.1. The van der Waals surface area contributed by atoms with E-state index in [1.165, 1.54) is 0 Å². The minimum atomic E-state index is -0.653. The Labute approximate surface area is 1170 Å². The van der Waals surface area contributed by atoms with E-state index < -0.39 is 355 Å². The molecular formula is I93-. The van der Waals surface area contributed by atoms with Crippen molar-refractivity contribution in [3.8, 4) is 0 Å². The second kappa shape index (κ2) is 97.1. The summed E-state index contributed by atoms with van der Waals surface area (Å²) in [7, 11) is -27.1. The van der Waals surface area contributed by atoms with Crippen LogP contribution < -0.4 is 13.3 Å². The fourth-order valence-electron chi connectivity index (χ4n) is 1.34. The first kappa shape index (κ1) is 161. The molecule has 652 valence electrons. The van der Waals surface area contributed by atoms with Crippen LogP contribution in [0.3, 0.4) is 0 Å². The van der Waals surface area contributed by atoms with Crippen LogP contribution in [0, 0.1) is 0 Å². The Morgan fingerprint density at radius 1 is 0.0968 bits per heavy atom. The maximum atomic E-state index is 3.48. The number of hydrogen-bond acceptors (Lipinski definition) is 0. The third kappa shape index (κ3) is 65.9. The molecule has 93 heavy (non-hydrogen) atoms. The van der Waals surface area contributed by atoms with Gasteiger partial charge in [-0.25, -0.2) is 0 Å². The molecule has 0 atom stereocenters. The molecule has 0 rings (SSSR count). The summed E-state index contributed by atoms with van der Waals surface area (Å²) in [6.07, 6.45) is 0. The first-order valence-corrected chi connectivity index (χ1v) is 591. The Hall–Kier alpha value is 67.9. The van der Waals surface area contributed by atoms with Crippen LogP contribution in [0.25, 0.3) is 0 Å². The van der Waals surface area contributed by atoms with Crippen molar-refractivity contribution >= 4 is 1230 Å². The van der Waals surface area contributed by atoms with Crippen LogP contribution in [0.15, 0.2) is 0 Å². The molecule has 0 unspecified atom stereocenters. The summed E-state index contributed by atoms with van der Waals surface area (Å²) in [6.45, 7) is 0. The zero-order valence-electron chi connectivity index (χ0n) is 35.2. The molecule has 0 aromatic heterocycles. The van der Waals surface area contributed by atoms with E-state index in [1.807, 2.05) is 0 Å². The summed E-state index contributed by atoms with van der Waals surface area (Å²) in [5.74, 6) is 0. The Morgan fingerprint density at radius 2 is 0.161 bits per heavy atom. The average Bonchev–Trinajstić information content (AvgIpc) is 0.848. The Kier molecular flexibility index (Phi) is 168. The molecule has 0 spiro atoms. The third-order valence-electron chi connectivity index (χ3n) is 3.63. The van der Waals surface area contributed by atoms with Gasteiger partial charge in [-0.2, -0.15) is 0 Å². The van der Waals surface area contributed by atoms with Crippen molar-refractivity contribution in [3.05, 3.63) is 0 Å². The fraction of sp³-hybridized carbons (Fsp3) is 0. The minimum absolute atomic E-state index is 0.420. The Bertz CT molecular complexity index is 1930. The van der Waals surface area contributed by atoms with E-state index >= 15 is 0 Å². The predicted octanol–water partition coefficient (Wildman–Crippen LogP) is 78.5. The summed E-state index contributed by atoms with van der Waals surface area (Å²) in [5.41, 5.74) is 0. The first-order chi connectivity index (χ1) is 42.3. The van der Waals surface area contributed by atoms with Crippen molar-refractivity contribution in [2.75, 3.05) is 0 Å². The van der Waals surface area contributed by atoms with Gasteiger partial charge in [0.2, 0.25) is 0 Å². The van der Waals surface area contributed by atoms with Gasteiger partial charge in [0.05, 0.1) is 0 Å². The number of halogens is 93. The molecule has 0 nitrogen and oxygen atoms in total. The summed E-state index contributed by atoms with van der Waals surface area (Å²) in [4.78, 5) is 0. The summed E-state index contributed by atoms with van der Waals surface area (Å²) in [6, 6.07) is 0. The molecule has 0 heterocycles. The van der Waals surface area contributed by atoms with Gasteiger partial charge in [0.15, 0.2) is 0 Å². The van der Waals surface area contributed by atoms with E-state index in [2.05, 4.69) is 875 Å². The molecule has 0 amide bonds. The molecule has 0 saturated heterocycles. The second-order valence-electron chi connectivity index (χ2n) is 7.34. The standard InChI is InChI=1S/I93/c1-48-50(4)52(6)54(8)56(10)58(12)60(14)62(16)64(18)66(20)68(22)70(24)72(26)74(28)76(30)78(32)80(34)82(36)84(38)86(40)88(42)90(44)92(46)93(47)91(45)89(43)87(41)85(39)83(37)81(35)79(33)77(31)75(29)73(27)71(25)69(23)67(21)65(19)63(17)61(15)59(13)57(11)55(9)53(7)51(5)49(2)3/q-1. The van der Waals surface area contributed by atoms with Gasteiger partial charge in [-0.15, -0.1) is 0 Å². The summed E-state index contributed by atoms with van der Waals surface area (Å²) in [5, 5.41) is 0. The van der Waals surface area contributed by atoms with Crippen LogP contribution in [0.4, 0.5) is 0 Å². The molecule has 0 N–H and O–H groups in total. The third-order valence-corrected chi connectivity index (χ3v) is 7360. The normalized spacial score (nSPS) is 19.1. The number of rotatable bonds is 45. The van der Waals surface area contributed by atoms with Crippen molar-refractivity contribution in [1.82, 2.24) is 0 Å². The molecule has 0 aliphatic rings. The van der Waals surface area contributed by atoms with Crippen LogP contribution >= 0.6 is 1230 Å². The molecular weight excluding hydrogens is 11800 g/mol. The molecule has 0 radical (unpaired) electrons. The molecule has 0 saturated carbocycles. The zero-order valence-corrected chi connectivity index (χ0v) is 236. The van der Waals surface area contributed by atoms with Gasteiger partial charge in [-0.1, -0.05) is 0 Å². The number of hydrogen-bond donors (Lipinski definition) is 0. The van der Waals surface area contributed by atoms with Gasteiger partial charge in [0.1, 0.15) is 0 Å². The molecule has 0 aliphatic carbocycles. The molecule has 0 aromatic rings. The van der Waals surface area contributed by atoms with Crippen molar-refractivity contribution in [3.63, 3.8) is 0 Å². The molecule has 0 aliphatic heterocycles. The van der Waals surface area contributed by atoms with Gasteiger partial charge in [0.25, 0.3) is 0 Å². The monoisotopic (exact) mass is 11800 g/mol. The molecule has 0 aromatic carbocycles. The van der Waals surface area contributed by atoms with E-state index in [0.717, 1.165) is 0 Å². The van der Waals surface area contributed by atoms with E-state index in [4.69, 9.17) is 0 Å². The van der Waals surface area contributed by atoms with E-state index in [-0.39, 0.29) is 0 Å². The Morgan fingerprint density at radius 3 is 0.226 bits per heavy atom. The second-order valence-corrected chi connectivity index (χ2v) is 2220. The average molecular weight is 11800 g/mol. The van der Waals surface area contributed by atoms with Crippen LogP contribution in [0.2, 0.25) is 0 Å². The SMILES string of the molecule is I[I-]I(I)I(I)I(I)I(I)I(I)I(I)I(I)I(I)I(I)I(I)I(I)I(I)I(I)I(I)I(I)I(I)I(I)I(I)I(I)I(I)I(I)I(I)I(I)I(I)I(I)I(I)I(I)I(I)I(I)I(I)I(I)I(I)I(I)I(I)I(I)I(I)I(I)I(I)I(I)I(I)I(I)I(I)I(I)I(I)I(I)I. The van der Waals surface area contributed by atoms with Crippen molar-refractivity contribution in [2.45, 2.75) is 0 Å². The quantitative estimate of drug-likeness (QED) is 0.0533. The van der Waals surface area contributed by atoms with Gasteiger partial charge in [-0.05, 0) is 0 Å². The Balaban J connectivity index is 5.87. The van der Waals surface area contributed by atoms with Crippen molar-refractivity contribution in [2.24, 2.45) is 0 Å². The van der Waals surface area contributed by atoms with Crippen LogP contribution in [0.1, 0.15) is 0 Å². The topological polar surface area (TPSA) is 0 Å². The van der Waals surface area contributed by atoms with Gasteiger partial charge >= 0.3 is 1240 Å². The van der Waals surface area contributed by atoms with Crippen LogP contribution in [-0.2, 0) is 0 Å². The van der Waals surface area contributed by atoms with Crippen LogP contribution in [0.5, 0.6) is 0 Å². The summed E-state index contributed by atoms with van der Waals surface area (Å²) >= 11 is 160. The van der Waals surface area contributed by atoms with E-state index in [9.17, 15) is 0 Å².